The van der Waals surface area contributed by atoms with Crippen LogP contribution in [0.25, 0.3) is 0 Å². The van der Waals surface area contributed by atoms with Gasteiger partial charge in [-0.05, 0) is 23.6 Å². The van der Waals surface area contributed by atoms with Crippen LogP contribution in [0, 0.1) is 5.92 Å². The number of amides is 1. The number of piperazine rings is 1. The van der Waals surface area contributed by atoms with Crippen LogP contribution in [0.15, 0.2) is 35.8 Å². The van der Waals surface area contributed by atoms with Crippen LogP contribution >= 0.6 is 11.3 Å². The van der Waals surface area contributed by atoms with Gasteiger partial charge in [0, 0.05) is 37.8 Å². The predicted molar refractivity (Wildman–Crippen MR) is 109 cm³/mol. The van der Waals surface area contributed by atoms with Crippen molar-refractivity contribution in [3.05, 3.63) is 41.4 Å². The molecule has 1 amide bonds. The lowest BCUT2D eigenvalue weighted by molar-refractivity contribution is -0.123. The average molecular weight is 389 g/mol. The van der Waals surface area contributed by atoms with Gasteiger partial charge in [-0.15, -0.1) is 11.3 Å². The molecule has 1 N–H and O–H groups in total. The predicted octanol–water partition coefficient (Wildman–Crippen LogP) is 2.79. The molecule has 1 atom stereocenters. The number of carbonyl (C=O) groups is 1. The Balaban J connectivity index is 1.52. The summed E-state index contributed by atoms with van der Waals surface area (Å²) in [5.74, 6) is 1.21. The number of benzene rings is 1. The van der Waals surface area contributed by atoms with Crippen molar-refractivity contribution in [1.82, 2.24) is 15.2 Å². The number of carbonyl (C=O) groups excluding carboxylic acids is 1. The van der Waals surface area contributed by atoms with Crippen molar-refractivity contribution in [3.8, 4) is 5.75 Å². The van der Waals surface area contributed by atoms with Crippen LogP contribution in [0.2, 0.25) is 0 Å². The van der Waals surface area contributed by atoms with E-state index in [1.165, 1.54) is 0 Å². The van der Waals surface area contributed by atoms with Crippen LogP contribution in [0.1, 0.15) is 25.5 Å². The minimum atomic E-state index is 0.0000129. The molecule has 1 aromatic heterocycles. The number of rotatable bonds is 7. The van der Waals surface area contributed by atoms with Gasteiger partial charge < -0.3 is 15.0 Å². The van der Waals surface area contributed by atoms with E-state index in [9.17, 15) is 4.79 Å². The lowest BCUT2D eigenvalue weighted by Crippen LogP contribution is -2.50. The van der Waals surface area contributed by atoms with E-state index in [1.807, 2.05) is 35.8 Å². The molecule has 0 radical (unpaired) electrons. The third-order valence-electron chi connectivity index (χ3n) is 4.89. The first kappa shape index (κ1) is 19.6. The standard InChI is InChI=1S/C20H28N4O2S/c1-15(2)19(16-4-6-17(26-3)7-5-16)22-18(25)14-23-9-11-24(12-10-23)20-21-8-13-27-20/h4-8,13,15,19H,9-12,14H2,1-3H3,(H,22,25)/t19-/m1/s1. The maximum Gasteiger partial charge on any atom is 0.234 e. The Hall–Kier alpha value is -2.12. The van der Waals surface area contributed by atoms with Gasteiger partial charge in [0.15, 0.2) is 5.13 Å². The van der Waals surface area contributed by atoms with Gasteiger partial charge in [0.1, 0.15) is 5.75 Å². The zero-order valence-corrected chi connectivity index (χ0v) is 17.0. The number of ether oxygens (including phenoxy) is 1. The Kier molecular flexibility index (Phi) is 6.68. The number of aromatic nitrogens is 1. The third-order valence-corrected chi connectivity index (χ3v) is 5.72. The molecule has 146 valence electrons. The van der Waals surface area contributed by atoms with Crippen LogP contribution in [0.3, 0.4) is 0 Å². The summed E-state index contributed by atoms with van der Waals surface area (Å²) in [5, 5.41) is 6.28. The minimum Gasteiger partial charge on any atom is -0.497 e. The zero-order chi connectivity index (χ0) is 19.2. The van der Waals surface area contributed by atoms with E-state index < -0.39 is 0 Å². The quantitative estimate of drug-likeness (QED) is 0.790. The van der Waals surface area contributed by atoms with Crippen molar-refractivity contribution in [3.63, 3.8) is 0 Å². The second-order valence-electron chi connectivity index (χ2n) is 7.14. The Morgan fingerprint density at radius 2 is 1.93 bits per heavy atom. The Labute approximate surface area is 165 Å². The van der Waals surface area contributed by atoms with Gasteiger partial charge in [-0.2, -0.15) is 0 Å². The van der Waals surface area contributed by atoms with Gasteiger partial charge in [-0.25, -0.2) is 4.98 Å². The monoisotopic (exact) mass is 388 g/mol. The molecule has 2 aromatic rings. The summed E-state index contributed by atoms with van der Waals surface area (Å²) in [4.78, 5) is 21.5. The Morgan fingerprint density at radius 3 is 2.48 bits per heavy atom. The molecule has 0 unspecified atom stereocenters. The largest absolute Gasteiger partial charge is 0.497 e. The molecular formula is C20H28N4O2S. The van der Waals surface area contributed by atoms with Gasteiger partial charge in [0.05, 0.1) is 19.7 Å². The SMILES string of the molecule is COc1ccc([C@H](NC(=O)CN2CCN(c3nccs3)CC2)C(C)C)cc1. The number of thiazole rings is 1. The van der Waals surface area contributed by atoms with Gasteiger partial charge in [0.2, 0.25) is 5.91 Å². The van der Waals surface area contributed by atoms with Crippen molar-refractivity contribution >= 4 is 22.4 Å². The summed E-state index contributed by atoms with van der Waals surface area (Å²) in [6.45, 7) is 8.26. The Bertz CT molecular complexity index is 710. The second-order valence-corrected chi connectivity index (χ2v) is 8.01. The molecule has 0 bridgehead atoms. The highest BCUT2D eigenvalue weighted by Crippen LogP contribution is 2.24. The second kappa shape index (κ2) is 9.19. The fourth-order valence-electron chi connectivity index (χ4n) is 3.34. The summed E-state index contributed by atoms with van der Waals surface area (Å²) in [6, 6.07) is 7.93. The number of hydrogen-bond acceptors (Lipinski definition) is 6. The lowest BCUT2D eigenvalue weighted by atomic mass is 9.96. The highest BCUT2D eigenvalue weighted by molar-refractivity contribution is 7.13. The molecule has 1 fully saturated rings. The van der Waals surface area contributed by atoms with E-state index in [-0.39, 0.29) is 11.9 Å². The molecule has 1 aliphatic rings. The molecule has 27 heavy (non-hydrogen) atoms. The molecule has 6 nitrogen and oxygen atoms in total. The lowest BCUT2D eigenvalue weighted by Gasteiger charge is -2.34. The molecule has 1 aromatic carbocycles. The molecule has 0 aliphatic carbocycles. The molecular weight excluding hydrogens is 360 g/mol. The minimum absolute atomic E-state index is 0.0000129. The van der Waals surface area contributed by atoms with Crippen LogP contribution < -0.4 is 15.0 Å². The van der Waals surface area contributed by atoms with Crippen LogP contribution in [0.4, 0.5) is 5.13 Å². The van der Waals surface area contributed by atoms with E-state index in [4.69, 9.17) is 4.74 Å². The number of hydrogen-bond donors (Lipinski definition) is 1. The first-order valence-electron chi connectivity index (χ1n) is 9.37. The maximum absolute atomic E-state index is 12.6. The fraction of sp³-hybridized carbons (Fsp3) is 0.500. The van der Waals surface area contributed by atoms with Crippen molar-refractivity contribution in [2.75, 3.05) is 44.7 Å². The topological polar surface area (TPSA) is 57.7 Å². The number of methoxy groups -OCH3 is 1. The van der Waals surface area contributed by atoms with E-state index in [0.29, 0.717) is 12.5 Å². The average Bonchev–Trinajstić information content (AvgIpc) is 3.21. The van der Waals surface area contributed by atoms with Gasteiger partial charge in [0.25, 0.3) is 0 Å². The third kappa shape index (κ3) is 5.20. The van der Waals surface area contributed by atoms with Crippen LogP contribution in [-0.4, -0.2) is 55.6 Å². The number of anilines is 1. The van der Waals surface area contributed by atoms with Gasteiger partial charge in [-0.1, -0.05) is 26.0 Å². The Morgan fingerprint density at radius 1 is 1.22 bits per heavy atom. The normalized spacial score (nSPS) is 16.4. The summed E-state index contributed by atoms with van der Waals surface area (Å²) in [5.41, 5.74) is 1.10. The van der Waals surface area contributed by atoms with Crippen LogP contribution in [0.5, 0.6) is 5.75 Å². The van der Waals surface area contributed by atoms with Gasteiger partial charge in [-0.3, -0.25) is 9.69 Å². The molecule has 1 saturated heterocycles. The molecule has 0 spiro atoms. The molecule has 7 heteroatoms. The van der Waals surface area contributed by atoms with Crippen molar-refractivity contribution in [2.24, 2.45) is 5.92 Å². The smallest absolute Gasteiger partial charge is 0.234 e. The molecule has 0 saturated carbocycles. The summed E-state index contributed by atoms with van der Waals surface area (Å²) in [7, 11) is 1.66. The highest BCUT2D eigenvalue weighted by Gasteiger charge is 2.23. The highest BCUT2D eigenvalue weighted by atomic mass is 32.1. The van der Waals surface area contributed by atoms with E-state index in [0.717, 1.165) is 42.6 Å². The fourth-order valence-corrected chi connectivity index (χ4v) is 4.03. The summed E-state index contributed by atoms with van der Waals surface area (Å²) >= 11 is 1.66. The van der Waals surface area contributed by atoms with E-state index in [2.05, 4.69) is 33.9 Å². The van der Waals surface area contributed by atoms with Crippen LogP contribution in [-0.2, 0) is 4.79 Å². The van der Waals surface area contributed by atoms with Crippen molar-refractivity contribution < 1.29 is 9.53 Å². The summed E-state index contributed by atoms with van der Waals surface area (Å²) in [6.07, 6.45) is 1.84. The van der Waals surface area contributed by atoms with Crippen molar-refractivity contribution in [1.29, 1.82) is 0 Å². The molecule has 2 heterocycles. The molecule has 3 rings (SSSR count). The van der Waals surface area contributed by atoms with Gasteiger partial charge >= 0.3 is 0 Å². The first-order valence-corrected chi connectivity index (χ1v) is 10.2. The maximum atomic E-state index is 12.6. The van der Waals surface area contributed by atoms with Crippen molar-refractivity contribution in [2.45, 2.75) is 19.9 Å². The molecule has 1 aliphatic heterocycles. The van der Waals surface area contributed by atoms with E-state index >= 15 is 0 Å². The zero-order valence-electron chi connectivity index (χ0n) is 16.2. The summed E-state index contributed by atoms with van der Waals surface area (Å²) < 4.78 is 5.22. The van der Waals surface area contributed by atoms with E-state index in [1.54, 1.807) is 18.4 Å². The number of nitrogens with zero attached hydrogens (tertiary/aromatic N) is 3. The number of nitrogens with one attached hydrogen (secondary N) is 1. The first-order chi connectivity index (χ1) is 13.1.